The number of nitrogens with zero attached hydrogens (tertiary/aromatic N) is 2. The Bertz CT molecular complexity index is 1230. The Morgan fingerprint density at radius 3 is 2.58 bits per heavy atom. The fourth-order valence-electron chi connectivity index (χ4n) is 3.64. The number of benzodiazepines with no additional fused rings is 1. The van der Waals surface area contributed by atoms with Crippen LogP contribution in [0, 0.1) is 0 Å². The molecular weight excluding hydrogens is 442 g/mol. The van der Waals surface area contributed by atoms with Crippen molar-refractivity contribution < 1.29 is 19.1 Å². The van der Waals surface area contributed by atoms with Gasteiger partial charge in [-0.1, -0.05) is 41.9 Å². The Morgan fingerprint density at radius 1 is 1.06 bits per heavy atom. The number of hydrogen-bond acceptors (Lipinski definition) is 5. The van der Waals surface area contributed by atoms with Gasteiger partial charge in [-0.2, -0.15) is 0 Å². The fraction of sp³-hybridized carbons (Fsp3) is 0.160. The van der Waals surface area contributed by atoms with Gasteiger partial charge in [-0.3, -0.25) is 14.6 Å². The van der Waals surface area contributed by atoms with Gasteiger partial charge in [0.1, 0.15) is 24.6 Å². The summed E-state index contributed by atoms with van der Waals surface area (Å²) in [5, 5.41) is 3.32. The van der Waals surface area contributed by atoms with Gasteiger partial charge in [-0.15, -0.1) is 0 Å². The highest BCUT2D eigenvalue weighted by Gasteiger charge is 2.27. The number of amides is 2. The Balaban J connectivity index is 1.64. The van der Waals surface area contributed by atoms with Gasteiger partial charge >= 0.3 is 0 Å². The highest BCUT2D eigenvalue weighted by molar-refractivity contribution is 6.32. The monoisotopic (exact) mass is 463 g/mol. The lowest BCUT2D eigenvalue weighted by molar-refractivity contribution is -0.120. The van der Waals surface area contributed by atoms with E-state index in [1.54, 1.807) is 43.5 Å². The van der Waals surface area contributed by atoms with E-state index in [1.165, 1.54) is 12.0 Å². The van der Waals surface area contributed by atoms with E-state index in [0.717, 1.165) is 5.56 Å². The van der Waals surface area contributed by atoms with E-state index in [-0.39, 0.29) is 24.9 Å². The second kappa shape index (κ2) is 9.75. The highest BCUT2D eigenvalue weighted by atomic mass is 35.5. The molecule has 0 atom stereocenters. The minimum absolute atomic E-state index is 0.0876. The summed E-state index contributed by atoms with van der Waals surface area (Å²) in [6.45, 7) is -0.282. The zero-order valence-electron chi connectivity index (χ0n) is 18.2. The number of anilines is 2. The third-order valence-electron chi connectivity index (χ3n) is 5.21. The summed E-state index contributed by atoms with van der Waals surface area (Å²) in [5.41, 5.74) is 3.25. The van der Waals surface area contributed by atoms with Crippen LogP contribution in [0.3, 0.4) is 0 Å². The van der Waals surface area contributed by atoms with Crippen molar-refractivity contribution >= 4 is 40.5 Å². The fourth-order valence-corrected chi connectivity index (χ4v) is 3.81. The molecule has 8 heteroatoms. The second-order valence-electron chi connectivity index (χ2n) is 7.29. The van der Waals surface area contributed by atoms with Crippen LogP contribution < -0.4 is 19.7 Å². The number of nitrogens with one attached hydrogen (secondary N) is 1. The zero-order chi connectivity index (χ0) is 23.4. The lowest BCUT2D eigenvalue weighted by Gasteiger charge is -2.23. The molecule has 0 saturated heterocycles. The number of ether oxygens (including phenoxy) is 2. The summed E-state index contributed by atoms with van der Waals surface area (Å²) >= 11 is 6.28. The number of methoxy groups -OCH3 is 2. The first kappa shape index (κ1) is 22.4. The summed E-state index contributed by atoms with van der Waals surface area (Å²) in [4.78, 5) is 31.9. The molecule has 7 nitrogen and oxygen atoms in total. The largest absolute Gasteiger partial charge is 0.497 e. The summed E-state index contributed by atoms with van der Waals surface area (Å²) < 4.78 is 10.5. The number of fused-ring (bicyclic) bond motifs is 1. The van der Waals surface area contributed by atoms with E-state index in [9.17, 15) is 9.59 Å². The number of benzene rings is 3. The molecule has 0 radical (unpaired) electrons. The molecule has 1 N–H and O–H groups in total. The van der Waals surface area contributed by atoms with Crippen LogP contribution in [0.25, 0.3) is 0 Å². The van der Waals surface area contributed by atoms with Gasteiger partial charge in [0.2, 0.25) is 11.8 Å². The van der Waals surface area contributed by atoms with E-state index in [4.69, 9.17) is 21.1 Å². The molecule has 168 valence electrons. The molecule has 0 fully saturated rings. The van der Waals surface area contributed by atoms with Crippen LogP contribution in [-0.2, 0) is 9.59 Å². The molecule has 0 unspecified atom stereocenters. The predicted octanol–water partition coefficient (Wildman–Crippen LogP) is 4.18. The maximum Gasteiger partial charge on any atom is 0.249 e. The van der Waals surface area contributed by atoms with Crippen molar-refractivity contribution in [2.24, 2.45) is 4.99 Å². The summed E-state index contributed by atoms with van der Waals surface area (Å²) in [5.74, 6) is 0.382. The van der Waals surface area contributed by atoms with Crippen molar-refractivity contribution in [3.8, 4) is 11.5 Å². The molecule has 2 amide bonds. The molecule has 0 spiro atoms. The lowest BCUT2D eigenvalue weighted by atomic mass is 10.00. The number of carbonyl (C=O) groups excluding carboxylic acids is 2. The van der Waals surface area contributed by atoms with Crippen molar-refractivity contribution in [3.05, 3.63) is 82.9 Å². The zero-order valence-corrected chi connectivity index (χ0v) is 18.9. The van der Waals surface area contributed by atoms with E-state index in [1.807, 2.05) is 30.3 Å². The molecule has 4 rings (SSSR count). The molecule has 1 aliphatic rings. The lowest BCUT2D eigenvalue weighted by Crippen LogP contribution is -2.39. The molecule has 33 heavy (non-hydrogen) atoms. The first-order valence-electron chi connectivity index (χ1n) is 10.2. The van der Waals surface area contributed by atoms with Crippen molar-refractivity contribution in [2.75, 3.05) is 37.5 Å². The van der Waals surface area contributed by atoms with Gasteiger partial charge in [0, 0.05) is 22.2 Å². The number of hydrogen-bond donors (Lipinski definition) is 1. The van der Waals surface area contributed by atoms with Gasteiger partial charge in [0.25, 0.3) is 0 Å². The van der Waals surface area contributed by atoms with Gasteiger partial charge in [0.15, 0.2) is 0 Å². The molecule has 1 heterocycles. The van der Waals surface area contributed by atoms with Crippen LogP contribution in [0.1, 0.15) is 11.1 Å². The van der Waals surface area contributed by atoms with Crippen LogP contribution in [0.5, 0.6) is 11.5 Å². The maximum atomic E-state index is 13.0. The van der Waals surface area contributed by atoms with Crippen molar-refractivity contribution in [2.45, 2.75) is 0 Å². The average molecular weight is 464 g/mol. The third-order valence-corrected chi connectivity index (χ3v) is 5.44. The van der Waals surface area contributed by atoms with E-state index >= 15 is 0 Å². The minimum atomic E-state index is -0.379. The van der Waals surface area contributed by atoms with E-state index in [2.05, 4.69) is 10.3 Å². The quantitative estimate of drug-likeness (QED) is 0.594. The first-order chi connectivity index (χ1) is 16.0. The second-order valence-corrected chi connectivity index (χ2v) is 7.72. The van der Waals surface area contributed by atoms with E-state index in [0.29, 0.717) is 39.2 Å². The SMILES string of the molecule is COc1ccc(NC(=O)CN2C(=O)CN=C(c3ccccc3)c3cc(Cl)ccc32)c(OC)c1. The maximum absolute atomic E-state index is 13.0. The summed E-state index contributed by atoms with van der Waals surface area (Å²) in [7, 11) is 3.05. The van der Waals surface area contributed by atoms with Crippen LogP contribution >= 0.6 is 11.6 Å². The number of halogens is 1. The number of aliphatic imine (C=N–C) groups is 1. The number of carbonyl (C=O) groups is 2. The Morgan fingerprint density at radius 2 is 1.85 bits per heavy atom. The summed E-state index contributed by atoms with van der Waals surface area (Å²) in [6, 6.07) is 19.8. The van der Waals surface area contributed by atoms with Crippen LogP contribution in [0.2, 0.25) is 5.02 Å². The van der Waals surface area contributed by atoms with Crippen molar-refractivity contribution in [3.63, 3.8) is 0 Å². The molecule has 0 bridgehead atoms. The minimum Gasteiger partial charge on any atom is -0.497 e. The van der Waals surface area contributed by atoms with Gasteiger partial charge in [-0.25, -0.2) is 0 Å². The van der Waals surface area contributed by atoms with Crippen LogP contribution in [0.15, 0.2) is 71.7 Å². The molecule has 1 aliphatic heterocycles. The van der Waals surface area contributed by atoms with Crippen molar-refractivity contribution in [1.29, 1.82) is 0 Å². The molecule has 3 aromatic rings. The Kier molecular flexibility index (Phi) is 6.60. The van der Waals surface area contributed by atoms with Gasteiger partial charge < -0.3 is 19.7 Å². The standard InChI is InChI=1S/C25H22ClN3O4/c1-32-18-9-10-20(22(13-18)33-2)28-23(30)15-29-21-11-8-17(26)12-19(21)25(27-14-24(29)31)16-6-4-3-5-7-16/h3-13H,14-15H2,1-2H3,(H,28,30). The van der Waals surface area contributed by atoms with Crippen LogP contribution in [0.4, 0.5) is 11.4 Å². The van der Waals surface area contributed by atoms with Gasteiger partial charge in [0.05, 0.1) is 31.3 Å². The van der Waals surface area contributed by atoms with E-state index < -0.39 is 0 Å². The van der Waals surface area contributed by atoms with Crippen LogP contribution in [-0.4, -0.2) is 44.8 Å². The Hall–Kier alpha value is -3.84. The summed E-state index contributed by atoms with van der Waals surface area (Å²) in [6.07, 6.45) is 0. The number of rotatable bonds is 6. The molecule has 0 saturated carbocycles. The first-order valence-corrected chi connectivity index (χ1v) is 10.6. The molecule has 0 aromatic heterocycles. The molecule has 0 aliphatic carbocycles. The van der Waals surface area contributed by atoms with Gasteiger partial charge in [-0.05, 0) is 30.3 Å². The third kappa shape index (κ3) is 4.83. The molecule has 3 aromatic carbocycles. The topological polar surface area (TPSA) is 80.2 Å². The normalized spacial score (nSPS) is 13.0. The highest BCUT2D eigenvalue weighted by Crippen LogP contribution is 2.31. The average Bonchev–Trinajstić information content (AvgIpc) is 2.96. The molecular formula is C25H22ClN3O4. The van der Waals surface area contributed by atoms with Crippen molar-refractivity contribution in [1.82, 2.24) is 0 Å². The Labute approximate surface area is 196 Å². The smallest absolute Gasteiger partial charge is 0.249 e. The predicted molar refractivity (Wildman–Crippen MR) is 129 cm³/mol.